The van der Waals surface area contributed by atoms with Gasteiger partial charge in [0.05, 0.1) is 0 Å². The maximum Gasteiger partial charge on any atom is 0.314 e. The van der Waals surface area contributed by atoms with Gasteiger partial charge in [-0.1, -0.05) is 29.0 Å². The summed E-state index contributed by atoms with van der Waals surface area (Å²) in [5.74, 6) is 0. The fraction of sp³-hybridized carbons (Fsp3) is 1.00. The van der Waals surface area contributed by atoms with E-state index in [1.165, 1.54) is 17.3 Å². The summed E-state index contributed by atoms with van der Waals surface area (Å²) in [7, 11) is -4.93. The van der Waals surface area contributed by atoms with Crippen molar-refractivity contribution >= 4 is 47.8 Å². The highest BCUT2D eigenvalue weighted by Crippen LogP contribution is 2.26. The lowest BCUT2D eigenvalue weighted by Crippen LogP contribution is -2.52. The van der Waals surface area contributed by atoms with Gasteiger partial charge in [-0.3, -0.25) is 0 Å². The first-order chi connectivity index (χ1) is 7.47. The van der Waals surface area contributed by atoms with Crippen molar-refractivity contribution in [2.75, 3.05) is 4.43 Å². The number of hydrogen-bond donors (Lipinski definition) is 0. The van der Waals surface area contributed by atoms with E-state index in [1.54, 1.807) is 0 Å². The molecule has 104 valence electrons. The predicted octanol–water partition coefficient (Wildman–Crippen LogP) is 4.98. The quantitative estimate of drug-likeness (QED) is 0.246. The largest absolute Gasteiger partial charge is 0.437 e. The third-order valence-electron chi connectivity index (χ3n) is 2.06. The van der Waals surface area contributed by atoms with Gasteiger partial charge >= 0.3 is 8.56 Å². The summed E-state index contributed by atoms with van der Waals surface area (Å²) >= 11 is 2.45. The van der Waals surface area contributed by atoms with Crippen molar-refractivity contribution in [2.45, 2.75) is 64.7 Å². The molecule has 0 atom stereocenters. The lowest BCUT2D eigenvalue weighted by molar-refractivity contribution is 0.381. The van der Waals surface area contributed by atoms with E-state index in [2.05, 4.69) is 68.4 Å². The van der Waals surface area contributed by atoms with Crippen LogP contribution < -0.4 is 0 Å². The van der Waals surface area contributed by atoms with E-state index in [4.69, 9.17) is 8.23 Å². The van der Waals surface area contributed by atoms with Crippen LogP contribution in [0, 0.1) is 0 Å². The highest BCUT2D eigenvalue weighted by molar-refractivity contribution is 14.1. The smallest absolute Gasteiger partial charge is 0.314 e. The van der Waals surface area contributed by atoms with Crippen molar-refractivity contribution < 1.29 is 8.23 Å². The molecule has 0 saturated carbocycles. The second-order valence-electron chi connectivity index (χ2n) is 6.71. The van der Waals surface area contributed by atoms with Crippen LogP contribution in [0.2, 0.25) is 51.9 Å². The third-order valence-corrected chi connectivity index (χ3v) is 12.4. The summed E-state index contributed by atoms with van der Waals surface area (Å²) in [6.45, 7) is 15.9. The lowest BCUT2D eigenvalue weighted by atomic mass is 10.4. The molecule has 0 unspecified atom stereocenters. The molecule has 0 aromatic carbocycles. The Kier molecular flexibility index (Phi) is 7.73. The van der Waals surface area contributed by atoms with Crippen molar-refractivity contribution in [2.24, 2.45) is 0 Å². The number of halogens is 1. The molecule has 0 aliphatic heterocycles. The van der Waals surface area contributed by atoms with Crippen molar-refractivity contribution in [3.8, 4) is 0 Å². The summed E-state index contributed by atoms with van der Waals surface area (Å²) < 4.78 is 14.1. The van der Waals surface area contributed by atoms with E-state index < -0.39 is 25.2 Å². The molecule has 0 bridgehead atoms. The Hall–Kier alpha value is 1.30. The van der Waals surface area contributed by atoms with Crippen molar-refractivity contribution in [1.29, 1.82) is 0 Å². The van der Waals surface area contributed by atoms with Crippen LogP contribution in [0.5, 0.6) is 0 Å². The SMILES string of the molecule is C[Si](C)(C)O[Si](C)(CCCCI)O[Si](C)(C)C. The summed E-state index contributed by atoms with van der Waals surface area (Å²) in [4.78, 5) is 0. The van der Waals surface area contributed by atoms with Gasteiger partial charge in [0.15, 0.2) is 16.6 Å². The summed E-state index contributed by atoms with van der Waals surface area (Å²) in [5, 5.41) is 0. The Morgan fingerprint density at radius 1 is 0.765 bits per heavy atom. The van der Waals surface area contributed by atoms with Gasteiger partial charge < -0.3 is 8.23 Å². The fourth-order valence-electron chi connectivity index (χ4n) is 1.96. The van der Waals surface area contributed by atoms with E-state index in [0.29, 0.717) is 0 Å². The maximum absolute atomic E-state index is 6.44. The molecule has 17 heavy (non-hydrogen) atoms. The Balaban J connectivity index is 4.57. The molecule has 0 rings (SSSR count). The van der Waals surface area contributed by atoms with Gasteiger partial charge in [-0.15, -0.1) is 0 Å². The van der Waals surface area contributed by atoms with Gasteiger partial charge in [-0.05, 0) is 62.7 Å². The van der Waals surface area contributed by atoms with Crippen molar-refractivity contribution in [1.82, 2.24) is 0 Å². The Bertz CT molecular complexity index is 208. The number of hydrogen-bond acceptors (Lipinski definition) is 2. The summed E-state index contributed by atoms with van der Waals surface area (Å²) in [6.07, 6.45) is 2.54. The molecule has 0 aliphatic carbocycles. The molecule has 0 heterocycles. The standard InChI is InChI=1S/C11H29IO2Si3/c1-15(2,3)13-17(7,11-9-8-10-12)14-16(4,5)6/h8-11H2,1-7H3. The highest BCUT2D eigenvalue weighted by Gasteiger charge is 2.39. The molecule has 0 N–H and O–H groups in total. The fourth-order valence-corrected chi connectivity index (χ4v) is 15.1. The van der Waals surface area contributed by atoms with E-state index in [9.17, 15) is 0 Å². The number of alkyl halides is 1. The molecular weight excluding hydrogens is 375 g/mol. The third kappa shape index (κ3) is 10.9. The van der Waals surface area contributed by atoms with Crippen LogP contribution in [0.1, 0.15) is 12.8 Å². The van der Waals surface area contributed by atoms with Crippen LogP contribution in [0.25, 0.3) is 0 Å². The highest BCUT2D eigenvalue weighted by atomic mass is 127. The summed E-state index contributed by atoms with van der Waals surface area (Å²) in [6, 6.07) is 1.16. The van der Waals surface area contributed by atoms with Gasteiger partial charge in [0, 0.05) is 0 Å². The van der Waals surface area contributed by atoms with Crippen LogP contribution in [0.15, 0.2) is 0 Å². The Morgan fingerprint density at radius 2 is 1.18 bits per heavy atom. The van der Waals surface area contributed by atoms with E-state index in [1.807, 2.05) is 0 Å². The first-order valence-corrected chi connectivity index (χ1v) is 17.3. The minimum atomic E-state index is -1.94. The lowest BCUT2D eigenvalue weighted by Gasteiger charge is -2.38. The molecule has 0 radical (unpaired) electrons. The van der Waals surface area contributed by atoms with Gasteiger partial charge in [0.2, 0.25) is 0 Å². The number of unbranched alkanes of at least 4 members (excludes halogenated alkanes) is 1. The molecule has 0 spiro atoms. The van der Waals surface area contributed by atoms with Crippen LogP contribution in [0.4, 0.5) is 0 Å². The van der Waals surface area contributed by atoms with Gasteiger partial charge in [-0.2, -0.15) is 0 Å². The van der Waals surface area contributed by atoms with Crippen molar-refractivity contribution in [3.63, 3.8) is 0 Å². The Labute approximate surface area is 125 Å². The van der Waals surface area contributed by atoms with Gasteiger partial charge in [-0.25, -0.2) is 0 Å². The molecule has 6 heteroatoms. The second kappa shape index (κ2) is 7.18. The van der Waals surface area contributed by atoms with Gasteiger partial charge in [0.1, 0.15) is 0 Å². The average molecular weight is 405 g/mol. The normalized spacial score (nSPS) is 14.1. The first-order valence-electron chi connectivity index (χ1n) is 6.44. The molecule has 0 fully saturated rings. The van der Waals surface area contributed by atoms with Crippen LogP contribution >= 0.6 is 22.6 Å². The van der Waals surface area contributed by atoms with E-state index in [-0.39, 0.29) is 0 Å². The minimum Gasteiger partial charge on any atom is -0.437 e. The van der Waals surface area contributed by atoms with E-state index in [0.717, 1.165) is 6.04 Å². The van der Waals surface area contributed by atoms with Crippen LogP contribution in [-0.2, 0) is 8.23 Å². The molecule has 0 aliphatic rings. The van der Waals surface area contributed by atoms with Crippen LogP contribution in [-0.4, -0.2) is 29.6 Å². The molecule has 2 nitrogen and oxygen atoms in total. The zero-order chi connectivity index (χ0) is 13.7. The Morgan fingerprint density at radius 3 is 1.47 bits per heavy atom. The summed E-state index contributed by atoms with van der Waals surface area (Å²) in [5.41, 5.74) is 0. The van der Waals surface area contributed by atoms with Gasteiger partial charge in [0.25, 0.3) is 0 Å². The molecule has 0 aromatic rings. The predicted molar refractivity (Wildman–Crippen MR) is 93.4 cm³/mol. The minimum absolute atomic E-state index is 1.16. The molecule has 0 amide bonds. The average Bonchev–Trinajstić information content (AvgIpc) is 1.96. The number of rotatable bonds is 8. The van der Waals surface area contributed by atoms with E-state index >= 15 is 0 Å². The molecular formula is C11H29IO2Si3. The zero-order valence-electron chi connectivity index (χ0n) is 12.5. The maximum atomic E-state index is 6.44. The molecule has 0 aromatic heterocycles. The molecule has 0 saturated heterocycles. The monoisotopic (exact) mass is 404 g/mol. The topological polar surface area (TPSA) is 18.5 Å². The zero-order valence-corrected chi connectivity index (χ0v) is 17.7. The van der Waals surface area contributed by atoms with Crippen LogP contribution in [0.3, 0.4) is 0 Å². The van der Waals surface area contributed by atoms with Crippen molar-refractivity contribution in [3.05, 3.63) is 0 Å². The first kappa shape index (κ1) is 18.3. The second-order valence-corrected chi connectivity index (χ2v) is 20.6.